The van der Waals surface area contributed by atoms with Crippen LogP contribution in [0.25, 0.3) is 0 Å². The third-order valence-corrected chi connectivity index (χ3v) is 3.87. The quantitative estimate of drug-likeness (QED) is 0.830. The second-order valence-electron chi connectivity index (χ2n) is 6.92. The highest BCUT2D eigenvalue weighted by Crippen LogP contribution is 2.17. The zero-order valence-electron chi connectivity index (χ0n) is 14.7. The lowest BCUT2D eigenvalue weighted by atomic mass is 10.1. The van der Waals surface area contributed by atoms with Gasteiger partial charge in [-0.15, -0.1) is 0 Å². The van der Waals surface area contributed by atoms with Gasteiger partial charge in [0.1, 0.15) is 0 Å². The van der Waals surface area contributed by atoms with Crippen LogP contribution in [0.2, 0.25) is 5.02 Å². The van der Waals surface area contributed by atoms with Crippen molar-refractivity contribution in [2.45, 2.75) is 39.2 Å². The molecule has 0 aliphatic carbocycles. The van der Waals surface area contributed by atoms with E-state index < -0.39 is 0 Å². The highest BCUT2D eigenvalue weighted by molar-refractivity contribution is 6.31. The van der Waals surface area contributed by atoms with Crippen molar-refractivity contribution in [1.82, 2.24) is 5.32 Å². The topological polar surface area (TPSA) is 58.2 Å². The monoisotopic (exact) mass is 358 g/mol. The summed E-state index contributed by atoms with van der Waals surface area (Å²) in [5.74, 6) is -0.226. The fourth-order valence-electron chi connectivity index (χ4n) is 2.29. The largest absolute Gasteiger partial charge is 0.347 e. The molecule has 0 unspecified atom stereocenters. The Morgan fingerprint density at radius 2 is 1.64 bits per heavy atom. The number of halogens is 1. The van der Waals surface area contributed by atoms with Crippen LogP contribution >= 0.6 is 11.6 Å². The minimum absolute atomic E-state index is 0.0909. The molecular formula is C20H23ClN2O2. The SMILES string of the molecule is CC(C)(C)NC(=O)c1ccc(NC(=O)CCc2ccccc2Cl)cc1. The molecule has 0 saturated heterocycles. The molecule has 0 saturated carbocycles. The minimum atomic E-state index is -0.289. The van der Waals surface area contributed by atoms with Crippen LogP contribution in [0.15, 0.2) is 48.5 Å². The Morgan fingerprint density at radius 1 is 1.00 bits per heavy atom. The number of anilines is 1. The molecule has 0 fully saturated rings. The number of carbonyl (C=O) groups excluding carboxylic acids is 2. The smallest absolute Gasteiger partial charge is 0.251 e. The van der Waals surface area contributed by atoms with Gasteiger partial charge >= 0.3 is 0 Å². The number of aryl methyl sites for hydroxylation is 1. The van der Waals surface area contributed by atoms with Gasteiger partial charge in [0.25, 0.3) is 5.91 Å². The summed E-state index contributed by atoms with van der Waals surface area (Å²) in [5.41, 5.74) is 1.89. The Balaban J connectivity index is 1.89. The van der Waals surface area contributed by atoms with Crippen molar-refractivity contribution in [2.24, 2.45) is 0 Å². The Kier molecular flexibility index (Phi) is 6.21. The van der Waals surface area contributed by atoms with Crippen molar-refractivity contribution in [3.63, 3.8) is 0 Å². The summed E-state index contributed by atoms with van der Waals surface area (Å²) in [6, 6.07) is 14.4. The van der Waals surface area contributed by atoms with E-state index in [9.17, 15) is 9.59 Å². The second-order valence-corrected chi connectivity index (χ2v) is 7.33. The lowest BCUT2D eigenvalue weighted by molar-refractivity contribution is -0.116. The van der Waals surface area contributed by atoms with Crippen LogP contribution in [-0.2, 0) is 11.2 Å². The molecule has 0 aromatic heterocycles. The summed E-state index contributed by atoms with van der Waals surface area (Å²) in [7, 11) is 0. The lowest BCUT2D eigenvalue weighted by Gasteiger charge is -2.20. The first-order valence-electron chi connectivity index (χ1n) is 8.20. The van der Waals surface area contributed by atoms with Gasteiger partial charge in [0.05, 0.1) is 0 Å². The zero-order valence-corrected chi connectivity index (χ0v) is 15.5. The van der Waals surface area contributed by atoms with Crippen LogP contribution in [0.1, 0.15) is 43.1 Å². The zero-order chi connectivity index (χ0) is 18.4. The summed E-state index contributed by atoms with van der Waals surface area (Å²) in [6.07, 6.45) is 0.924. The Morgan fingerprint density at radius 3 is 2.24 bits per heavy atom. The van der Waals surface area contributed by atoms with Crippen LogP contribution in [0.4, 0.5) is 5.69 Å². The van der Waals surface area contributed by atoms with E-state index >= 15 is 0 Å². The summed E-state index contributed by atoms with van der Waals surface area (Å²) < 4.78 is 0. The van der Waals surface area contributed by atoms with Gasteiger partial charge in [0.2, 0.25) is 5.91 Å². The van der Waals surface area contributed by atoms with Gasteiger partial charge in [-0.05, 0) is 63.1 Å². The molecule has 132 valence electrons. The van der Waals surface area contributed by atoms with Crippen molar-refractivity contribution in [2.75, 3.05) is 5.32 Å². The molecule has 0 aliphatic rings. The third-order valence-electron chi connectivity index (χ3n) is 3.50. The van der Waals surface area contributed by atoms with Crippen molar-refractivity contribution in [3.05, 3.63) is 64.7 Å². The molecule has 4 nitrogen and oxygen atoms in total. The summed E-state index contributed by atoms with van der Waals surface area (Å²) in [6.45, 7) is 5.79. The standard InChI is InChI=1S/C20H23ClN2O2/c1-20(2,3)23-19(25)15-8-11-16(12-9-15)22-18(24)13-10-14-6-4-5-7-17(14)21/h4-9,11-12H,10,13H2,1-3H3,(H,22,24)(H,23,25). The summed E-state index contributed by atoms with van der Waals surface area (Å²) in [5, 5.41) is 6.40. The van der Waals surface area contributed by atoms with E-state index in [-0.39, 0.29) is 17.4 Å². The number of amides is 2. The first-order chi connectivity index (χ1) is 11.7. The molecule has 0 bridgehead atoms. The molecule has 5 heteroatoms. The van der Waals surface area contributed by atoms with E-state index in [2.05, 4.69) is 10.6 Å². The molecule has 0 spiro atoms. The first-order valence-corrected chi connectivity index (χ1v) is 8.58. The van der Waals surface area contributed by atoms with Crippen molar-refractivity contribution in [1.29, 1.82) is 0 Å². The maximum absolute atomic E-state index is 12.1. The predicted molar refractivity (Wildman–Crippen MR) is 102 cm³/mol. The van der Waals surface area contributed by atoms with Crippen LogP contribution in [0, 0.1) is 0 Å². The first kappa shape index (κ1) is 19.0. The van der Waals surface area contributed by atoms with E-state index in [1.165, 1.54) is 0 Å². The summed E-state index contributed by atoms with van der Waals surface area (Å²) in [4.78, 5) is 24.1. The minimum Gasteiger partial charge on any atom is -0.347 e. The van der Waals surface area contributed by atoms with Crippen LogP contribution < -0.4 is 10.6 Å². The van der Waals surface area contributed by atoms with E-state index in [1.807, 2.05) is 45.0 Å². The van der Waals surface area contributed by atoms with Gasteiger partial charge in [-0.3, -0.25) is 9.59 Å². The average Bonchev–Trinajstić information content (AvgIpc) is 2.53. The Bertz CT molecular complexity index is 749. The number of benzene rings is 2. The highest BCUT2D eigenvalue weighted by Gasteiger charge is 2.15. The number of rotatable bonds is 5. The number of hydrogen-bond donors (Lipinski definition) is 2. The normalized spacial score (nSPS) is 11.0. The lowest BCUT2D eigenvalue weighted by Crippen LogP contribution is -2.40. The number of carbonyl (C=O) groups is 2. The Labute approximate surface area is 153 Å². The van der Waals surface area contributed by atoms with Gasteiger partial charge < -0.3 is 10.6 Å². The van der Waals surface area contributed by atoms with Gasteiger partial charge in [-0.2, -0.15) is 0 Å². The van der Waals surface area contributed by atoms with Crippen LogP contribution in [0.3, 0.4) is 0 Å². The van der Waals surface area contributed by atoms with Crippen LogP contribution in [-0.4, -0.2) is 17.4 Å². The molecule has 0 heterocycles. The highest BCUT2D eigenvalue weighted by atomic mass is 35.5. The second kappa shape index (κ2) is 8.17. The molecule has 2 amide bonds. The number of nitrogens with one attached hydrogen (secondary N) is 2. The third kappa shape index (κ3) is 6.24. The number of hydrogen-bond acceptors (Lipinski definition) is 2. The molecule has 0 atom stereocenters. The van der Waals surface area contributed by atoms with Gasteiger partial charge in [-0.25, -0.2) is 0 Å². The molecule has 2 aromatic rings. The average molecular weight is 359 g/mol. The molecule has 2 N–H and O–H groups in total. The van der Waals surface area contributed by atoms with Gasteiger partial charge in [0, 0.05) is 28.2 Å². The molecule has 2 aromatic carbocycles. The molecule has 0 radical (unpaired) electrons. The van der Waals surface area contributed by atoms with Crippen molar-refractivity contribution >= 4 is 29.1 Å². The van der Waals surface area contributed by atoms with E-state index in [1.54, 1.807) is 24.3 Å². The van der Waals surface area contributed by atoms with E-state index in [0.29, 0.717) is 29.1 Å². The van der Waals surface area contributed by atoms with E-state index in [4.69, 9.17) is 11.6 Å². The summed E-state index contributed by atoms with van der Waals surface area (Å²) >= 11 is 6.09. The maximum Gasteiger partial charge on any atom is 0.251 e. The van der Waals surface area contributed by atoms with Crippen molar-refractivity contribution in [3.8, 4) is 0 Å². The molecule has 2 rings (SSSR count). The van der Waals surface area contributed by atoms with Gasteiger partial charge in [-0.1, -0.05) is 29.8 Å². The van der Waals surface area contributed by atoms with E-state index in [0.717, 1.165) is 5.56 Å². The fourth-order valence-corrected chi connectivity index (χ4v) is 2.52. The Hall–Kier alpha value is -2.33. The fraction of sp³-hybridized carbons (Fsp3) is 0.300. The van der Waals surface area contributed by atoms with Crippen molar-refractivity contribution < 1.29 is 9.59 Å². The molecule has 25 heavy (non-hydrogen) atoms. The predicted octanol–water partition coefficient (Wildman–Crippen LogP) is 4.44. The van der Waals surface area contributed by atoms with Gasteiger partial charge in [0.15, 0.2) is 0 Å². The maximum atomic E-state index is 12.1. The van der Waals surface area contributed by atoms with Crippen LogP contribution in [0.5, 0.6) is 0 Å². The molecule has 0 aliphatic heterocycles. The molecular weight excluding hydrogens is 336 g/mol.